The fourth-order valence-electron chi connectivity index (χ4n) is 0.559. The maximum absolute atomic E-state index is 9.96. The summed E-state index contributed by atoms with van der Waals surface area (Å²) in [7, 11) is 0. The SMILES string of the molecule is CCCC(Cl)/C=C/C(=O)O. The van der Waals surface area contributed by atoms with Gasteiger partial charge >= 0.3 is 5.97 Å². The van der Waals surface area contributed by atoms with Gasteiger partial charge in [0.2, 0.25) is 0 Å². The minimum Gasteiger partial charge on any atom is -0.478 e. The highest BCUT2D eigenvalue weighted by atomic mass is 35.5. The highest BCUT2D eigenvalue weighted by Gasteiger charge is 1.96. The van der Waals surface area contributed by atoms with Crippen LogP contribution >= 0.6 is 11.6 Å². The standard InChI is InChI=1S/C7H11ClO2/c1-2-3-6(8)4-5-7(9)10/h4-6H,2-3H2,1H3,(H,9,10)/b5-4+. The van der Waals surface area contributed by atoms with E-state index in [0.29, 0.717) is 0 Å². The minimum absolute atomic E-state index is 0.138. The van der Waals surface area contributed by atoms with Crippen LogP contribution in [0.5, 0.6) is 0 Å². The van der Waals surface area contributed by atoms with Gasteiger partial charge in [0.1, 0.15) is 0 Å². The molecule has 0 aliphatic carbocycles. The molecule has 0 saturated heterocycles. The van der Waals surface area contributed by atoms with Crippen LogP contribution in [0, 0.1) is 0 Å². The van der Waals surface area contributed by atoms with Crippen molar-refractivity contribution in [2.75, 3.05) is 0 Å². The monoisotopic (exact) mass is 162 g/mol. The van der Waals surface area contributed by atoms with Crippen LogP contribution in [0.2, 0.25) is 0 Å². The molecule has 0 heterocycles. The molecule has 0 radical (unpaired) electrons. The van der Waals surface area contributed by atoms with Crippen molar-refractivity contribution in [3.63, 3.8) is 0 Å². The fourth-order valence-corrected chi connectivity index (χ4v) is 0.850. The zero-order valence-corrected chi connectivity index (χ0v) is 6.64. The molecule has 0 bridgehead atoms. The average Bonchev–Trinajstić information content (AvgIpc) is 1.85. The molecule has 1 unspecified atom stereocenters. The lowest BCUT2D eigenvalue weighted by atomic mass is 10.2. The molecule has 0 spiro atoms. The number of carboxylic acids is 1. The number of carboxylic acid groups (broad SMARTS) is 1. The van der Waals surface area contributed by atoms with E-state index in [1.807, 2.05) is 6.92 Å². The predicted molar refractivity (Wildman–Crippen MR) is 41.3 cm³/mol. The fraction of sp³-hybridized carbons (Fsp3) is 0.571. The van der Waals surface area contributed by atoms with Crippen molar-refractivity contribution in [1.82, 2.24) is 0 Å². The van der Waals surface area contributed by atoms with E-state index in [-0.39, 0.29) is 5.38 Å². The molecule has 0 saturated carbocycles. The lowest BCUT2D eigenvalue weighted by molar-refractivity contribution is -0.131. The molecule has 0 aromatic carbocycles. The van der Waals surface area contributed by atoms with Gasteiger partial charge in [-0.05, 0) is 6.42 Å². The first-order valence-corrected chi connectivity index (χ1v) is 3.65. The van der Waals surface area contributed by atoms with Crippen molar-refractivity contribution in [1.29, 1.82) is 0 Å². The van der Waals surface area contributed by atoms with Crippen molar-refractivity contribution < 1.29 is 9.90 Å². The van der Waals surface area contributed by atoms with Gasteiger partial charge in [0.05, 0.1) is 5.38 Å². The summed E-state index contributed by atoms with van der Waals surface area (Å²) >= 11 is 5.67. The highest BCUT2D eigenvalue weighted by molar-refractivity contribution is 6.21. The lowest BCUT2D eigenvalue weighted by Crippen LogP contribution is -1.94. The van der Waals surface area contributed by atoms with Crippen LogP contribution in [0.4, 0.5) is 0 Å². The van der Waals surface area contributed by atoms with E-state index in [2.05, 4.69) is 0 Å². The first-order valence-electron chi connectivity index (χ1n) is 3.22. The van der Waals surface area contributed by atoms with Crippen molar-refractivity contribution >= 4 is 17.6 Å². The summed E-state index contributed by atoms with van der Waals surface area (Å²) in [4.78, 5) is 9.96. The Balaban J connectivity index is 3.55. The van der Waals surface area contributed by atoms with E-state index in [1.54, 1.807) is 0 Å². The molecule has 0 amide bonds. The zero-order valence-electron chi connectivity index (χ0n) is 5.88. The van der Waals surface area contributed by atoms with Crippen molar-refractivity contribution in [3.05, 3.63) is 12.2 Å². The van der Waals surface area contributed by atoms with E-state index in [9.17, 15) is 4.79 Å². The molecule has 0 aliphatic rings. The molecule has 2 nitrogen and oxygen atoms in total. The normalized spacial score (nSPS) is 13.8. The van der Waals surface area contributed by atoms with Gasteiger partial charge in [0.25, 0.3) is 0 Å². The first-order chi connectivity index (χ1) is 4.66. The number of carbonyl (C=O) groups is 1. The van der Waals surface area contributed by atoms with E-state index in [1.165, 1.54) is 6.08 Å². The molecule has 0 aromatic rings. The van der Waals surface area contributed by atoms with Gasteiger partial charge in [-0.15, -0.1) is 11.6 Å². The predicted octanol–water partition coefficient (Wildman–Crippen LogP) is 2.03. The maximum Gasteiger partial charge on any atom is 0.328 e. The van der Waals surface area contributed by atoms with E-state index in [4.69, 9.17) is 16.7 Å². The molecule has 1 atom stereocenters. The largest absolute Gasteiger partial charge is 0.478 e. The topological polar surface area (TPSA) is 37.3 Å². The number of alkyl halides is 1. The second kappa shape index (κ2) is 5.30. The molecule has 58 valence electrons. The molecule has 3 heteroatoms. The van der Waals surface area contributed by atoms with Crippen LogP contribution in [-0.4, -0.2) is 16.5 Å². The van der Waals surface area contributed by atoms with Gasteiger partial charge in [0, 0.05) is 6.08 Å². The van der Waals surface area contributed by atoms with Crippen LogP contribution < -0.4 is 0 Å². The van der Waals surface area contributed by atoms with Crippen LogP contribution in [-0.2, 0) is 4.79 Å². The van der Waals surface area contributed by atoms with Crippen molar-refractivity contribution in [3.8, 4) is 0 Å². The van der Waals surface area contributed by atoms with E-state index >= 15 is 0 Å². The van der Waals surface area contributed by atoms with E-state index < -0.39 is 5.97 Å². The van der Waals surface area contributed by atoms with Gasteiger partial charge in [0.15, 0.2) is 0 Å². The summed E-state index contributed by atoms with van der Waals surface area (Å²) < 4.78 is 0. The molecular formula is C7H11ClO2. The average molecular weight is 163 g/mol. The Morgan fingerprint density at radius 3 is 2.80 bits per heavy atom. The maximum atomic E-state index is 9.96. The Morgan fingerprint density at radius 1 is 1.80 bits per heavy atom. The van der Waals surface area contributed by atoms with Gasteiger partial charge < -0.3 is 5.11 Å². The molecule has 0 fully saturated rings. The Labute approximate surface area is 65.5 Å². The van der Waals surface area contributed by atoms with Crippen LogP contribution in [0.3, 0.4) is 0 Å². The zero-order chi connectivity index (χ0) is 7.98. The van der Waals surface area contributed by atoms with Gasteiger partial charge in [-0.3, -0.25) is 0 Å². The number of halogens is 1. The third-order valence-electron chi connectivity index (χ3n) is 1.01. The lowest BCUT2D eigenvalue weighted by Gasteiger charge is -1.97. The third kappa shape index (κ3) is 5.63. The second-order valence-electron chi connectivity index (χ2n) is 2.00. The van der Waals surface area contributed by atoms with Crippen molar-refractivity contribution in [2.24, 2.45) is 0 Å². The summed E-state index contributed by atoms with van der Waals surface area (Å²) in [6, 6.07) is 0. The molecular weight excluding hydrogens is 152 g/mol. The third-order valence-corrected chi connectivity index (χ3v) is 1.38. The molecule has 0 aromatic heterocycles. The second-order valence-corrected chi connectivity index (χ2v) is 2.56. The number of hydrogen-bond acceptors (Lipinski definition) is 1. The van der Waals surface area contributed by atoms with Gasteiger partial charge in [-0.1, -0.05) is 19.4 Å². The molecule has 10 heavy (non-hydrogen) atoms. The molecule has 0 rings (SSSR count). The molecule has 0 aliphatic heterocycles. The summed E-state index contributed by atoms with van der Waals surface area (Å²) in [6.07, 6.45) is 4.37. The number of rotatable bonds is 4. The summed E-state index contributed by atoms with van der Waals surface area (Å²) in [5.74, 6) is -0.943. The summed E-state index contributed by atoms with van der Waals surface area (Å²) in [5.41, 5.74) is 0. The van der Waals surface area contributed by atoms with Crippen LogP contribution in [0.1, 0.15) is 19.8 Å². The van der Waals surface area contributed by atoms with Crippen LogP contribution in [0.25, 0.3) is 0 Å². The number of hydrogen-bond donors (Lipinski definition) is 1. The Hall–Kier alpha value is -0.500. The summed E-state index contributed by atoms with van der Waals surface area (Å²) in [6.45, 7) is 2.00. The van der Waals surface area contributed by atoms with Gasteiger partial charge in [-0.25, -0.2) is 4.79 Å². The number of allylic oxidation sites excluding steroid dienone is 1. The van der Waals surface area contributed by atoms with Crippen LogP contribution in [0.15, 0.2) is 12.2 Å². The van der Waals surface area contributed by atoms with E-state index in [0.717, 1.165) is 18.9 Å². The minimum atomic E-state index is -0.943. The number of aliphatic carboxylic acids is 1. The Morgan fingerprint density at radius 2 is 2.40 bits per heavy atom. The smallest absolute Gasteiger partial charge is 0.328 e. The molecule has 1 N–H and O–H groups in total. The summed E-state index contributed by atoms with van der Waals surface area (Å²) in [5, 5.41) is 8.05. The highest BCUT2D eigenvalue weighted by Crippen LogP contribution is 2.05. The van der Waals surface area contributed by atoms with Crippen molar-refractivity contribution in [2.45, 2.75) is 25.1 Å². The quantitative estimate of drug-likeness (QED) is 0.508. The first kappa shape index (κ1) is 9.50. The Kier molecular flexibility index (Phi) is 5.03. The Bertz CT molecular complexity index is 132. The van der Waals surface area contributed by atoms with Gasteiger partial charge in [-0.2, -0.15) is 0 Å².